The highest BCUT2D eigenvalue weighted by atomic mass is 127. The Morgan fingerprint density at radius 3 is 2.50 bits per heavy atom. The van der Waals surface area contributed by atoms with Crippen molar-refractivity contribution < 1.29 is 28.2 Å². The molecule has 2 amide bonds. The lowest BCUT2D eigenvalue weighted by atomic mass is 10.1. The van der Waals surface area contributed by atoms with Gasteiger partial charge in [0.1, 0.15) is 12.2 Å². The number of carbonyl (C=O) groups excluding carboxylic acids is 2. The normalized spacial score (nSPS) is 26.5. The Hall–Kier alpha value is -0.823. The van der Waals surface area contributed by atoms with Crippen molar-refractivity contribution in [3.05, 3.63) is 21.9 Å². The maximum Gasteiger partial charge on any atom is 0.323 e. The zero-order chi connectivity index (χ0) is 21.7. The summed E-state index contributed by atoms with van der Waals surface area (Å²) in [5, 5.41) is 12.6. The third kappa shape index (κ3) is 6.09. The molecule has 0 bridgehead atoms. The molecule has 0 unspecified atom stereocenters. The minimum atomic E-state index is -2.12. The average molecular weight is 528 g/mol. The van der Waals surface area contributed by atoms with Gasteiger partial charge in [0.2, 0.25) is 0 Å². The molecule has 28 heavy (non-hydrogen) atoms. The number of amides is 2. The second kappa shape index (κ2) is 10.3. The van der Waals surface area contributed by atoms with Gasteiger partial charge in [0.25, 0.3) is 0 Å². The number of aldehydes is 1. The molecule has 1 heterocycles. The Balaban J connectivity index is 3.03. The van der Waals surface area contributed by atoms with Crippen LogP contribution in [0, 0.1) is 0 Å². The van der Waals surface area contributed by atoms with Crippen molar-refractivity contribution in [2.45, 2.75) is 63.5 Å². The molecule has 1 saturated heterocycles. The molecule has 160 valence electrons. The molecule has 0 radical (unpaired) electrons. The summed E-state index contributed by atoms with van der Waals surface area (Å²) < 4.78 is 28.1. The Kier molecular flexibility index (Phi) is 9.26. The van der Waals surface area contributed by atoms with Gasteiger partial charge < -0.3 is 19.6 Å². The van der Waals surface area contributed by atoms with E-state index in [-0.39, 0.29) is 17.2 Å². The predicted molar refractivity (Wildman–Crippen MR) is 116 cm³/mol. The van der Waals surface area contributed by atoms with E-state index in [2.05, 4.69) is 26.1 Å². The van der Waals surface area contributed by atoms with E-state index in [1.54, 1.807) is 4.08 Å². The number of hydrogen-bond donors (Lipinski definition) is 2. The summed E-state index contributed by atoms with van der Waals surface area (Å²) in [6.07, 6.45) is -2.38. The van der Waals surface area contributed by atoms with Gasteiger partial charge in [-0.3, -0.25) is 9.69 Å². The minimum absolute atomic E-state index is 0.0219. The van der Waals surface area contributed by atoms with Gasteiger partial charge in [0.15, 0.2) is 27.0 Å². The van der Waals surface area contributed by atoms with E-state index in [1.807, 2.05) is 35.7 Å². The second-order valence-corrected chi connectivity index (χ2v) is 13.6. The zero-order valence-corrected chi connectivity index (χ0v) is 20.3. The number of alkyl halides is 1. The van der Waals surface area contributed by atoms with Crippen LogP contribution in [0.1, 0.15) is 20.8 Å². The molecule has 0 aromatic heterocycles. The van der Waals surface area contributed by atoms with Crippen molar-refractivity contribution in [2.75, 3.05) is 13.7 Å². The van der Waals surface area contributed by atoms with Crippen LogP contribution < -0.4 is 5.32 Å². The molecule has 1 fully saturated rings. The SMILES string of the molecule is CNC(=O)N(/C=C(C=O)/C=C/I)[C@@H]1O[C@H](CO[Si](C)(C)C(C)(C)C)[C@@H](O)[C@H]1F. The molecule has 0 aliphatic carbocycles. The number of carbonyl (C=O) groups is 2. The number of hydrogen-bond acceptors (Lipinski definition) is 5. The number of aliphatic hydroxyl groups is 1. The van der Waals surface area contributed by atoms with E-state index in [4.69, 9.17) is 9.16 Å². The van der Waals surface area contributed by atoms with Gasteiger partial charge >= 0.3 is 6.03 Å². The first-order valence-electron chi connectivity index (χ1n) is 8.95. The Labute approximate surface area is 180 Å². The Bertz CT molecular complexity index is 624. The summed E-state index contributed by atoms with van der Waals surface area (Å²) in [6, 6.07) is -0.660. The largest absolute Gasteiger partial charge is 0.414 e. The molecule has 0 aromatic rings. The first-order chi connectivity index (χ1) is 12.9. The number of allylic oxidation sites excluding steroid dienone is 2. The van der Waals surface area contributed by atoms with Gasteiger partial charge in [0, 0.05) is 18.8 Å². The molecular weight excluding hydrogens is 498 g/mol. The zero-order valence-electron chi connectivity index (χ0n) is 17.1. The molecule has 10 heteroatoms. The Morgan fingerprint density at radius 1 is 1.43 bits per heavy atom. The maximum absolute atomic E-state index is 14.8. The smallest absolute Gasteiger partial charge is 0.323 e. The summed E-state index contributed by atoms with van der Waals surface area (Å²) in [5.74, 6) is 0. The fourth-order valence-electron chi connectivity index (χ4n) is 2.30. The summed E-state index contributed by atoms with van der Waals surface area (Å²) in [5.41, 5.74) is 0.157. The highest BCUT2D eigenvalue weighted by molar-refractivity contribution is 14.1. The highest BCUT2D eigenvalue weighted by Crippen LogP contribution is 2.37. The van der Waals surface area contributed by atoms with Crippen LogP contribution in [0.25, 0.3) is 0 Å². The van der Waals surface area contributed by atoms with Crippen LogP contribution in [0.2, 0.25) is 18.1 Å². The van der Waals surface area contributed by atoms with Crippen molar-refractivity contribution >= 4 is 43.2 Å². The summed E-state index contributed by atoms with van der Waals surface area (Å²) in [7, 11) is -0.736. The molecule has 7 nitrogen and oxygen atoms in total. The Morgan fingerprint density at radius 2 is 2.04 bits per heavy atom. The fourth-order valence-corrected chi connectivity index (χ4v) is 3.72. The van der Waals surface area contributed by atoms with Gasteiger partial charge in [-0.1, -0.05) is 43.4 Å². The molecule has 0 spiro atoms. The number of ether oxygens (including phenoxy) is 1. The van der Waals surface area contributed by atoms with Crippen LogP contribution in [-0.4, -0.2) is 68.9 Å². The average Bonchev–Trinajstić information content (AvgIpc) is 2.90. The first-order valence-corrected chi connectivity index (χ1v) is 13.1. The molecule has 1 aliphatic rings. The van der Waals surface area contributed by atoms with Gasteiger partial charge in [-0.05, 0) is 28.3 Å². The van der Waals surface area contributed by atoms with E-state index in [9.17, 15) is 19.1 Å². The lowest BCUT2D eigenvalue weighted by molar-refractivity contribution is -0.104. The maximum atomic E-state index is 14.8. The lowest BCUT2D eigenvalue weighted by Gasteiger charge is -2.37. The lowest BCUT2D eigenvalue weighted by Crippen LogP contribution is -2.46. The van der Waals surface area contributed by atoms with Crippen LogP contribution in [0.5, 0.6) is 0 Å². The quantitative estimate of drug-likeness (QED) is 0.174. The summed E-state index contributed by atoms with van der Waals surface area (Å²) in [6.45, 7) is 10.3. The molecular formula is C18H30FIN2O5Si. The van der Waals surface area contributed by atoms with Gasteiger partial charge in [0.05, 0.1) is 6.61 Å². The molecule has 0 saturated carbocycles. The van der Waals surface area contributed by atoms with Crippen molar-refractivity contribution in [3.8, 4) is 0 Å². The number of halogens is 2. The van der Waals surface area contributed by atoms with E-state index in [1.165, 1.54) is 19.3 Å². The fraction of sp³-hybridized carbons (Fsp3) is 0.667. The molecule has 1 aliphatic heterocycles. The number of rotatable bonds is 7. The second-order valence-electron chi connectivity index (χ2n) is 8.07. The third-order valence-corrected chi connectivity index (χ3v) is 9.97. The van der Waals surface area contributed by atoms with Gasteiger partial charge in [-0.2, -0.15) is 0 Å². The van der Waals surface area contributed by atoms with Gasteiger partial charge in [-0.25, -0.2) is 9.18 Å². The number of aliphatic hydroxyl groups excluding tert-OH is 1. The number of nitrogens with zero attached hydrogens (tertiary/aromatic N) is 1. The van der Waals surface area contributed by atoms with Crippen LogP contribution in [0.4, 0.5) is 9.18 Å². The van der Waals surface area contributed by atoms with Crippen molar-refractivity contribution in [3.63, 3.8) is 0 Å². The van der Waals surface area contributed by atoms with Crippen LogP contribution in [-0.2, 0) is 14.0 Å². The van der Waals surface area contributed by atoms with E-state index in [0.717, 1.165) is 4.90 Å². The van der Waals surface area contributed by atoms with Crippen LogP contribution >= 0.6 is 22.6 Å². The third-order valence-electron chi connectivity index (χ3n) is 5.11. The summed E-state index contributed by atoms with van der Waals surface area (Å²) >= 11 is 1.93. The van der Waals surface area contributed by atoms with Gasteiger partial charge in [-0.15, -0.1) is 0 Å². The molecule has 1 rings (SSSR count). The topological polar surface area (TPSA) is 88.1 Å². The van der Waals surface area contributed by atoms with E-state index < -0.39 is 39.0 Å². The number of urea groups is 1. The highest BCUT2D eigenvalue weighted by Gasteiger charge is 2.49. The number of nitrogens with one attached hydrogen (secondary N) is 1. The van der Waals surface area contributed by atoms with E-state index in [0.29, 0.717) is 6.29 Å². The summed E-state index contributed by atoms with van der Waals surface area (Å²) in [4.78, 5) is 24.4. The monoisotopic (exact) mass is 528 g/mol. The van der Waals surface area contributed by atoms with Crippen LogP contribution in [0.15, 0.2) is 21.9 Å². The van der Waals surface area contributed by atoms with E-state index >= 15 is 0 Å². The predicted octanol–water partition coefficient (Wildman–Crippen LogP) is 3.11. The van der Waals surface area contributed by atoms with Crippen molar-refractivity contribution in [2.24, 2.45) is 0 Å². The van der Waals surface area contributed by atoms with Crippen LogP contribution in [0.3, 0.4) is 0 Å². The molecule has 2 N–H and O–H groups in total. The first kappa shape index (κ1) is 25.2. The van der Waals surface area contributed by atoms with Crippen molar-refractivity contribution in [1.29, 1.82) is 0 Å². The molecule has 4 atom stereocenters. The van der Waals surface area contributed by atoms with Crippen molar-refractivity contribution in [1.82, 2.24) is 10.2 Å². The standard InChI is InChI=1S/C18H30FIN2O5Si/c1-18(2,3)28(5,6)26-11-13-15(24)14(19)16(27-13)22(17(25)21-4)9-12(10-23)7-8-20/h7-10,13-16,24H,11H2,1-6H3,(H,21,25)/b8-7+,12-9-/t13-,14-,15-,16-/m1/s1. The molecule has 0 aromatic carbocycles. The minimum Gasteiger partial charge on any atom is -0.414 e.